The standard InChI is InChI=1S/C20H16ClF3N6O2/c1-12-17(11-30-9-15(21)6-25-30)18(28-32-12)19(31)27-16-7-26-29(10-16)8-13-3-2-4-14(5-13)20(22,23)24/h2-7,9-10H,8,11H2,1H3,(H,27,31). The quantitative estimate of drug-likeness (QED) is 0.457. The van der Waals surface area contributed by atoms with Crippen LogP contribution in [0.3, 0.4) is 0 Å². The zero-order valence-corrected chi connectivity index (χ0v) is 17.4. The smallest absolute Gasteiger partial charge is 0.361 e. The summed E-state index contributed by atoms with van der Waals surface area (Å²) in [7, 11) is 0. The number of carbonyl (C=O) groups is 1. The second kappa shape index (κ2) is 8.50. The zero-order chi connectivity index (χ0) is 22.9. The summed E-state index contributed by atoms with van der Waals surface area (Å²) in [5.41, 5.74) is 0.672. The van der Waals surface area contributed by atoms with E-state index in [4.69, 9.17) is 16.1 Å². The van der Waals surface area contributed by atoms with E-state index in [-0.39, 0.29) is 18.8 Å². The van der Waals surface area contributed by atoms with Crippen molar-refractivity contribution in [2.75, 3.05) is 5.32 Å². The number of benzene rings is 1. The van der Waals surface area contributed by atoms with E-state index in [2.05, 4.69) is 20.7 Å². The monoisotopic (exact) mass is 464 g/mol. The van der Waals surface area contributed by atoms with E-state index in [1.807, 2.05) is 0 Å². The van der Waals surface area contributed by atoms with E-state index in [1.165, 1.54) is 29.3 Å². The summed E-state index contributed by atoms with van der Waals surface area (Å²) in [5.74, 6) is -0.0595. The molecule has 8 nitrogen and oxygen atoms in total. The van der Waals surface area contributed by atoms with E-state index < -0.39 is 17.6 Å². The first kappa shape index (κ1) is 21.6. The Labute approximate surface area is 184 Å². The lowest BCUT2D eigenvalue weighted by Gasteiger charge is -2.08. The summed E-state index contributed by atoms with van der Waals surface area (Å²) in [6, 6.07) is 4.98. The normalized spacial score (nSPS) is 11.7. The molecule has 32 heavy (non-hydrogen) atoms. The molecule has 12 heteroatoms. The second-order valence-corrected chi connectivity index (χ2v) is 7.44. The number of halogens is 4. The van der Waals surface area contributed by atoms with Gasteiger partial charge in [0.1, 0.15) is 5.76 Å². The van der Waals surface area contributed by atoms with Crippen LogP contribution in [0.25, 0.3) is 0 Å². The Bertz CT molecular complexity index is 1260. The van der Waals surface area contributed by atoms with Crippen LogP contribution in [0.2, 0.25) is 5.02 Å². The third kappa shape index (κ3) is 4.83. The zero-order valence-electron chi connectivity index (χ0n) is 16.6. The van der Waals surface area contributed by atoms with Crippen LogP contribution in [-0.2, 0) is 19.3 Å². The molecule has 0 spiro atoms. The minimum Gasteiger partial charge on any atom is -0.361 e. The highest BCUT2D eigenvalue weighted by atomic mass is 35.5. The number of hydrogen-bond donors (Lipinski definition) is 1. The molecule has 3 heterocycles. The Morgan fingerprint density at radius 3 is 2.62 bits per heavy atom. The van der Waals surface area contributed by atoms with Gasteiger partial charge in [-0.1, -0.05) is 28.9 Å². The first-order valence-corrected chi connectivity index (χ1v) is 9.70. The Hall–Kier alpha value is -3.60. The molecule has 4 rings (SSSR count). The molecule has 3 aromatic heterocycles. The van der Waals surface area contributed by atoms with Crippen LogP contribution in [-0.4, -0.2) is 30.6 Å². The number of alkyl halides is 3. The van der Waals surface area contributed by atoms with Gasteiger partial charge in [-0.3, -0.25) is 14.2 Å². The van der Waals surface area contributed by atoms with E-state index in [9.17, 15) is 18.0 Å². The molecule has 1 amide bonds. The van der Waals surface area contributed by atoms with Crippen LogP contribution in [0.4, 0.5) is 18.9 Å². The first-order chi connectivity index (χ1) is 15.2. The van der Waals surface area contributed by atoms with Crippen LogP contribution < -0.4 is 5.32 Å². The highest BCUT2D eigenvalue weighted by Crippen LogP contribution is 2.29. The Morgan fingerprint density at radius 2 is 1.91 bits per heavy atom. The molecular formula is C20H16ClF3N6O2. The van der Waals surface area contributed by atoms with Gasteiger partial charge < -0.3 is 9.84 Å². The van der Waals surface area contributed by atoms with Gasteiger partial charge in [0.05, 0.1) is 41.8 Å². The van der Waals surface area contributed by atoms with Crippen molar-refractivity contribution >= 4 is 23.2 Å². The molecule has 0 saturated carbocycles. The second-order valence-electron chi connectivity index (χ2n) is 7.00. The van der Waals surface area contributed by atoms with Crippen molar-refractivity contribution < 1.29 is 22.5 Å². The number of hydrogen-bond acceptors (Lipinski definition) is 5. The molecular weight excluding hydrogens is 449 g/mol. The minimum atomic E-state index is -4.42. The molecule has 0 fully saturated rings. The number of nitrogens with one attached hydrogen (secondary N) is 1. The van der Waals surface area contributed by atoms with Crippen LogP contribution in [0.5, 0.6) is 0 Å². The van der Waals surface area contributed by atoms with E-state index in [0.717, 1.165) is 12.1 Å². The SMILES string of the molecule is Cc1onc(C(=O)Nc2cnn(Cc3cccc(C(F)(F)F)c3)c2)c1Cn1cc(Cl)cn1. The molecule has 0 aliphatic heterocycles. The summed E-state index contributed by atoms with van der Waals surface area (Å²) in [6.07, 6.45) is 1.56. The van der Waals surface area contributed by atoms with Crippen molar-refractivity contribution in [2.45, 2.75) is 26.2 Å². The lowest BCUT2D eigenvalue weighted by molar-refractivity contribution is -0.137. The van der Waals surface area contributed by atoms with Crippen molar-refractivity contribution in [2.24, 2.45) is 0 Å². The molecule has 166 valence electrons. The maximum atomic E-state index is 12.9. The van der Waals surface area contributed by atoms with Crippen molar-refractivity contribution in [3.8, 4) is 0 Å². The predicted molar refractivity (Wildman–Crippen MR) is 108 cm³/mol. The Morgan fingerprint density at radius 1 is 1.16 bits per heavy atom. The maximum absolute atomic E-state index is 12.9. The molecule has 0 atom stereocenters. The maximum Gasteiger partial charge on any atom is 0.416 e. The number of amides is 1. The third-order valence-corrected chi connectivity index (χ3v) is 4.81. The molecule has 0 bridgehead atoms. The van der Waals surface area contributed by atoms with Gasteiger partial charge in [0, 0.05) is 18.0 Å². The number of aromatic nitrogens is 5. The van der Waals surface area contributed by atoms with Crippen LogP contribution in [0, 0.1) is 6.92 Å². The Balaban J connectivity index is 1.46. The largest absolute Gasteiger partial charge is 0.416 e. The molecule has 0 aliphatic rings. The fraction of sp³-hybridized carbons (Fsp3) is 0.200. The fourth-order valence-corrected chi connectivity index (χ4v) is 3.24. The highest BCUT2D eigenvalue weighted by Gasteiger charge is 2.30. The average molecular weight is 465 g/mol. The highest BCUT2D eigenvalue weighted by molar-refractivity contribution is 6.30. The molecule has 4 aromatic rings. The van der Waals surface area contributed by atoms with Crippen molar-refractivity contribution in [3.63, 3.8) is 0 Å². The molecule has 0 saturated heterocycles. The summed E-state index contributed by atoms with van der Waals surface area (Å²) in [4.78, 5) is 12.7. The number of anilines is 1. The van der Waals surface area contributed by atoms with Crippen molar-refractivity contribution in [1.29, 1.82) is 0 Å². The number of carbonyl (C=O) groups excluding carboxylic acids is 1. The molecule has 0 aliphatic carbocycles. The van der Waals surface area contributed by atoms with Gasteiger partial charge >= 0.3 is 6.18 Å². The lowest BCUT2D eigenvalue weighted by Crippen LogP contribution is -2.15. The van der Waals surface area contributed by atoms with Crippen molar-refractivity contribution in [3.05, 3.63) is 82.2 Å². The predicted octanol–water partition coefficient (Wildman–Crippen LogP) is 4.40. The third-order valence-electron chi connectivity index (χ3n) is 4.61. The summed E-state index contributed by atoms with van der Waals surface area (Å²) in [5, 5.41) is 15.1. The lowest BCUT2D eigenvalue weighted by atomic mass is 10.1. The number of aryl methyl sites for hydroxylation is 1. The van der Waals surface area contributed by atoms with Crippen LogP contribution in [0.15, 0.2) is 53.6 Å². The summed E-state index contributed by atoms with van der Waals surface area (Å²) in [6.45, 7) is 2.02. The minimum absolute atomic E-state index is 0.0831. The van der Waals surface area contributed by atoms with Gasteiger partial charge in [-0.15, -0.1) is 0 Å². The van der Waals surface area contributed by atoms with Gasteiger partial charge in [0.25, 0.3) is 5.91 Å². The van der Waals surface area contributed by atoms with Crippen LogP contribution in [0.1, 0.15) is 32.9 Å². The summed E-state index contributed by atoms with van der Waals surface area (Å²) >= 11 is 5.87. The fourth-order valence-electron chi connectivity index (χ4n) is 3.08. The van der Waals surface area contributed by atoms with Gasteiger partial charge in [-0.25, -0.2) is 0 Å². The molecule has 1 N–H and O–H groups in total. The van der Waals surface area contributed by atoms with Gasteiger partial charge in [0.2, 0.25) is 0 Å². The Kier molecular flexibility index (Phi) is 5.74. The van der Waals surface area contributed by atoms with E-state index in [0.29, 0.717) is 27.6 Å². The molecule has 1 aromatic carbocycles. The average Bonchev–Trinajstić information content (AvgIpc) is 3.43. The number of rotatable bonds is 6. The van der Waals surface area contributed by atoms with Gasteiger partial charge in [-0.2, -0.15) is 23.4 Å². The van der Waals surface area contributed by atoms with E-state index >= 15 is 0 Å². The molecule has 0 unspecified atom stereocenters. The van der Waals surface area contributed by atoms with E-state index in [1.54, 1.807) is 23.9 Å². The van der Waals surface area contributed by atoms with Crippen molar-refractivity contribution in [1.82, 2.24) is 24.7 Å². The first-order valence-electron chi connectivity index (χ1n) is 9.32. The topological polar surface area (TPSA) is 90.8 Å². The summed E-state index contributed by atoms with van der Waals surface area (Å²) < 4.78 is 46.8. The molecule has 0 radical (unpaired) electrons. The number of nitrogens with zero attached hydrogens (tertiary/aromatic N) is 5. The van der Waals surface area contributed by atoms with Gasteiger partial charge in [-0.05, 0) is 24.6 Å². The van der Waals surface area contributed by atoms with Crippen LogP contribution >= 0.6 is 11.6 Å². The van der Waals surface area contributed by atoms with Gasteiger partial charge in [0.15, 0.2) is 5.69 Å².